The SMILES string of the molecule is Cc1ccc(-n2c(SCC(=O)Nc3ccccc3Cc3ccccc3)nc3ccccc3c2=O)nc1. The Hall–Kier alpha value is -4.23. The van der Waals surface area contributed by atoms with E-state index in [1.165, 1.54) is 21.9 Å². The van der Waals surface area contributed by atoms with Gasteiger partial charge in [-0.15, -0.1) is 0 Å². The van der Waals surface area contributed by atoms with Gasteiger partial charge < -0.3 is 5.32 Å². The van der Waals surface area contributed by atoms with Crippen molar-refractivity contribution >= 4 is 34.3 Å². The minimum Gasteiger partial charge on any atom is -0.325 e. The predicted octanol–water partition coefficient (Wildman–Crippen LogP) is 5.41. The summed E-state index contributed by atoms with van der Waals surface area (Å²) in [6.07, 6.45) is 2.43. The summed E-state index contributed by atoms with van der Waals surface area (Å²) in [5, 5.41) is 3.95. The van der Waals surface area contributed by atoms with Gasteiger partial charge in [0.2, 0.25) is 5.91 Å². The molecule has 0 bridgehead atoms. The van der Waals surface area contributed by atoms with Gasteiger partial charge in [0, 0.05) is 11.9 Å². The molecule has 2 aromatic heterocycles. The second-order valence-electron chi connectivity index (χ2n) is 8.40. The highest BCUT2D eigenvalue weighted by molar-refractivity contribution is 7.99. The number of fused-ring (bicyclic) bond motifs is 1. The number of aromatic nitrogens is 3. The Balaban J connectivity index is 1.40. The molecule has 2 heterocycles. The molecule has 0 atom stereocenters. The van der Waals surface area contributed by atoms with Gasteiger partial charge in [0.25, 0.3) is 5.56 Å². The van der Waals surface area contributed by atoms with Crippen molar-refractivity contribution in [3.8, 4) is 5.82 Å². The number of pyridine rings is 1. The van der Waals surface area contributed by atoms with Crippen molar-refractivity contribution < 1.29 is 4.79 Å². The second kappa shape index (κ2) is 10.6. The number of rotatable bonds is 7. The second-order valence-corrected chi connectivity index (χ2v) is 9.34. The van der Waals surface area contributed by atoms with Gasteiger partial charge in [0.15, 0.2) is 5.16 Å². The summed E-state index contributed by atoms with van der Waals surface area (Å²) in [6, 6.07) is 28.8. The van der Waals surface area contributed by atoms with Crippen molar-refractivity contribution in [2.24, 2.45) is 0 Å². The molecule has 6 nitrogen and oxygen atoms in total. The predicted molar refractivity (Wildman–Crippen MR) is 145 cm³/mol. The van der Waals surface area contributed by atoms with E-state index in [4.69, 9.17) is 4.98 Å². The molecule has 0 spiro atoms. The van der Waals surface area contributed by atoms with Crippen molar-refractivity contribution in [3.05, 3.63) is 124 Å². The Morgan fingerprint density at radius 1 is 0.917 bits per heavy atom. The van der Waals surface area contributed by atoms with Crippen LogP contribution in [0, 0.1) is 6.92 Å². The molecule has 3 aromatic carbocycles. The molecule has 5 rings (SSSR count). The number of carbonyl (C=O) groups excluding carboxylic acids is 1. The van der Waals surface area contributed by atoms with Crippen molar-refractivity contribution in [1.82, 2.24) is 14.5 Å². The molecule has 0 aliphatic carbocycles. The summed E-state index contributed by atoms with van der Waals surface area (Å²) in [7, 11) is 0. The molecular weight excluding hydrogens is 468 g/mol. The van der Waals surface area contributed by atoms with Crippen LogP contribution in [0.4, 0.5) is 5.69 Å². The smallest absolute Gasteiger partial charge is 0.267 e. The zero-order chi connectivity index (χ0) is 24.9. The lowest BCUT2D eigenvalue weighted by atomic mass is 10.0. The highest BCUT2D eigenvalue weighted by Crippen LogP contribution is 2.23. The zero-order valence-corrected chi connectivity index (χ0v) is 20.5. The van der Waals surface area contributed by atoms with Gasteiger partial charge in [-0.05, 0) is 54.3 Å². The summed E-state index contributed by atoms with van der Waals surface area (Å²) in [4.78, 5) is 35.5. The Bertz CT molecular complexity index is 1580. The number of anilines is 1. The minimum absolute atomic E-state index is 0.0936. The first kappa shape index (κ1) is 23.5. The lowest BCUT2D eigenvalue weighted by Gasteiger charge is -2.14. The third-order valence-electron chi connectivity index (χ3n) is 5.73. The third-order valence-corrected chi connectivity index (χ3v) is 6.67. The molecule has 36 heavy (non-hydrogen) atoms. The number of nitrogens with one attached hydrogen (secondary N) is 1. The molecule has 7 heteroatoms. The van der Waals surface area contributed by atoms with E-state index >= 15 is 0 Å². The summed E-state index contributed by atoms with van der Waals surface area (Å²) in [5.74, 6) is 0.391. The van der Waals surface area contributed by atoms with Gasteiger partial charge in [-0.1, -0.05) is 78.5 Å². The number of carbonyl (C=O) groups is 1. The normalized spacial score (nSPS) is 10.9. The molecule has 0 aliphatic rings. The number of aryl methyl sites for hydroxylation is 1. The average Bonchev–Trinajstić information content (AvgIpc) is 2.90. The van der Waals surface area contributed by atoms with Crippen LogP contribution < -0.4 is 10.9 Å². The quantitative estimate of drug-likeness (QED) is 0.243. The molecule has 1 N–H and O–H groups in total. The fourth-order valence-electron chi connectivity index (χ4n) is 3.93. The van der Waals surface area contributed by atoms with Gasteiger partial charge in [0.1, 0.15) is 5.82 Å². The molecule has 0 unspecified atom stereocenters. The van der Waals surface area contributed by atoms with Gasteiger partial charge in [-0.3, -0.25) is 9.59 Å². The van der Waals surface area contributed by atoms with Crippen LogP contribution in [0.1, 0.15) is 16.7 Å². The van der Waals surface area contributed by atoms with Crippen LogP contribution in [0.5, 0.6) is 0 Å². The molecule has 1 amide bonds. The number of amides is 1. The molecule has 0 radical (unpaired) electrons. The van der Waals surface area contributed by atoms with Crippen LogP contribution in [0.3, 0.4) is 0 Å². The topological polar surface area (TPSA) is 76.9 Å². The van der Waals surface area contributed by atoms with Crippen molar-refractivity contribution in [2.45, 2.75) is 18.5 Å². The molecule has 0 aliphatic heterocycles. The summed E-state index contributed by atoms with van der Waals surface area (Å²) in [6.45, 7) is 1.94. The first-order chi connectivity index (χ1) is 17.6. The van der Waals surface area contributed by atoms with Crippen LogP contribution >= 0.6 is 11.8 Å². The Kier molecular flexibility index (Phi) is 6.91. The number of thioether (sulfide) groups is 1. The molecular formula is C29H24N4O2S. The van der Waals surface area contributed by atoms with Gasteiger partial charge in [-0.2, -0.15) is 0 Å². The number of nitrogens with zero attached hydrogens (tertiary/aromatic N) is 3. The minimum atomic E-state index is -0.215. The highest BCUT2D eigenvalue weighted by Gasteiger charge is 2.16. The lowest BCUT2D eigenvalue weighted by molar-refractivity contribution is -0.113. The largest absolute Gasteiger partial charge is 0.325 e. The Morgan fingerprint density at radius 3 is 2.47 bits per heavy atom. The summed E-state index contributed by atoms with van der Waals surface area (Å²) in [5.41, 5.74) is 4.34. The van der Waals surface area contributed by atoms with Gasteiger partial charge >= 0.3 is 0 Å². The van der Waals surface area contributed by atoms with E-state index in [0.717, 1.165) is 23.2 Å². The van der Waals surface area contributed by atoms with Crippen LogP contribution in [0.15, 0.2) is 107 Å². The fraction of sp³-hybridized carbons (Fsp3) is 0.103. The van der Waals surface area contributed by atoms with Gasteiger partial charge in [0.05, 0.1) is 16.7 Å². The summed E-state index contributed by atoms with van der Waals surface area (Å²) >= 11 is 1.21. The van der Waals surface area contributed by atoms with Crippen molar-refractivity contribution in [3.63, 3.8) is 0 Å². The average molecular weight is 493 g/mol. The van der Waals surface area contributed by atoms with E-state index in [2.05, 4.69) is 22.4 Å². The standard InChI is InChI=1S/C29H24N4O2S/c1-20-15-16-26(30-18-20)33-28(35)23-12-6-8-14-25(23)32-29(33)36-19-27(34)31-24-13-7-5-11-22(24)17-21-9-3-2-4-10-21/h2-16,18H,17,19H2,1H3,(H,31,34). The Morgan fingerprint density at radius 2 is 1.67 bits per heavy atom. The summed E-state index contributed by atoms with van der Waals surface area (Å²) < 4.78 is 1.48. The molecule has 0 saturated heterocycles. The molecule has 0 fully saturated rings. The third kappa shape index (κ3) is 5.21. The number of hydrogen-bond donors (Lipinski definition) is 1. The first-order valence-electron chi connectivity index (χ1n) is 11.6. The van der Waals surface area contributed by atoms with E-state index in [9.17, 15) is 9.59 Å². The monoisotopic (exact) mass is 492 g/mol. The first-order valence-corrected chi connectivity index (χ1v) is 12.6. The zero-order valence-electron chi connectivity index (χ0n) is 19.7. The number of hydrogen-bond acceptors (Lipinski definition) is 5. The number of benzene rings is 3. The maximum Gasteiger partial charge on any atom is 0.267 e. The van der Waals surface area contributed by atoms with Crippen molar-refractivity contribution in [1.29, 1.82) is 0 Å². The van der Waals surface area contributed by atoms with E-state index in [0.29, 0.717) is 21.9 Å². The Labute approximate surface area is 213 Å². The highest BCUT2D eigenvalue weighted by atomic mass is 32.2. The maximum atomic E-state index is 13.4. The van der Waals surface area contributed by atoms with Crippen molar-refractivity contribution in [2.75, 3.05) is 11.1 Å². The molecule has 178 valence electrons. The van der Waals surface area contributed by atoms with Crippen LogP contribution in [0.2, 0.25) is 0 Å². The van der Waals surface area contributed by atoms with E-state index < -0.39 is 0 Å². The lowest BCUT2D eigenvalue weighted by Crippen LogP contribution is -2.23. The van der Waals surface area contributed by atoms with Gasteiger partial charge in [-0.25, -0.2) is 14.5 Å². The van der Waals surface area contributed by atoms with Crippen LogP contribution in [-0.2, 0) is 11.2 Å². The van der Waals surface area contributed by atoms with E-state index in [1.807, 2.05) is 67.6 Å². The van der Waals surface area contributed by atoms with E-state index in [1.54, 1.807) is 24.4 Å². The number of para-hydroxylation sites is 2. The van der Waals surface area contributed by atoms with Crippen LogP contribution in [-0.4, -0.2) is 26.2 Å². The van der Waals surface area contributed by atoms with Crippen LogP contribution in [0.25, 0.3) is 16.7 Å². The van der Waals surface area contributed by atoms with E-state index in [-0.39, 0.29) is 17.2 Å². The fourth-order valence-corrected chi connectivity index (χ4v) is 4.73. The molecule has 5 aromatic rings. The molecule has 0 saturated carbocycles. The maximum absolute atomic E-state index is 13.4.